The summed E-state index contributed by atoms with van der Waals surface area (Å²) in [4.78, 5) is 21.7. The number of hydrogen-bond acceptors (Lipinski definition) is 5. The van der Waals surface area contributed by atoms with Gasteiger partial charge in [0.25, 0.3) is 0 Å². The van der Waals surface area contributed by atoms with E-state index in [0.717, 1.165) is 0 Å². The van der Waals surface area contributed by atoms with Gasteiger partial charge in [0.1, 0.15) is 0 Å². The van der Waals surface area contributed by atoms with Crippen LogP contribution >= 0.6 is 0 Å². The van der Waals surface area contributed by atoms with Crippen LogP contribution in [0.15, 0.2) is 0 Å². The maximum Gasteiger partial charge on any atom is 0.306 e. The van der Waals surface area contributed by atoms with Crippen LogP contribution in [0.25, 0.3) is 0 Å². The molecule has 1 heterocycles. The summed E-state index contributed by atoms with van der Waals surface area (Å²) in [5.74, 6) is 1.67. The zero-order valence-corrected chi connectivity index (χ0v) is 14.2. The van der Waals surface area contributed by atoms with Gasteiger partial charge in [0.2, 0.25) is 0 Å². The first-order valence-corrected chi connectivity index (χ1v) is 7.99. The first-order valence-electron chi connectivity index (χ1n) is 7.99. The second-order valence-corrected chi connectivity index (χ2v) is 7.92. The van der Waals surface area contributed by atoms with E-state index in [9.17, 15) is 9.59 Å². The second-order valence-electron chi connectivity index (χ2n) is 7.92. The van der Waals surface area contributed by atoms with Gasteiger partial charge in [-0.1, -0.05) is 27.7 Å². The molecule has 126 valence electrons. The molecule has 0 aromatic rings. The molecule has 0 aromatic heterocycles. The van der Waals surface area contributed by atoms with E-state index in [4.69, 9.17) is 9.84 Å². The quantitative estimate of drug-likeness (QED) is 0.807. The van der Waals surface area contributed by atoms with Crippen molar-refractivity contribution in [3.8, 4) is 0 Å². The molecular formula is C17H28O5. The predicted octanol–water partition coefficient (Wildman–Crippen LogP) is 2.02. The number of carbonyl (C=O) groups excluding carboxylic acids is 2. The number of methoxy groups -OCH3 is 1. The van der Waals surface area contributed by atoms with Crippen LogP contribution in [0.1, 0.15) is 40.5 Å². The molecule has 5 heteroatoms. The van der Waals surface area contributed by atoms with Gasteiger partial charge in [-0.05, 0) is 28.6 Å². The number of carbonyl (C=O) groups is 2. The van der Waals surface area contributed by atoms with E-state index in [1.807, 2.05) is 0 Å². The normalized spacial score (nSPS) is 36.2. The minimum Gasteiger partial charge on any atom is -0.469 e. The summed E-state index contributed by atoms with van der Waals surface area (Å²) < 4.78 is 9.50. The van der Waals surface area contributed by atoms with E-state index in [0.29, 0.717) is 42.6 Å². The largest absolute Gasteiger partial charge is 0.469 e. The highest BCUT2D eigenvalue weighted by molar-refractivity contribution is 5.71. The summed E-state index contributed by atoms with van der Waals surface area (Å²) in [6.45, 7) is 9.41. The zero-order valence-electron chi connectivity index (χ0n) is 14.2. The fourth-order valence-electron chi connectivity index (χ4n) is 3.90. The van der Waals surface area contributed by atoms with Gasteiger partial charge in [0, 0.05) is 25.4 Å². The molecule has 3 aliphatic rings. The molecule has 1 N–H and O–H groups in total. The summed E-state index contributed by atoms with van der Waals surface area (Å²) in [5, 5.41) is 8.95. The number of rotatable bonds is 3. The lowest BCUT2D eigenvalue weighted by molar-refractivity contribution is -0.147. The van der Waals surface area contributed by atoms with Crippen LogP contribution in [0.3, 0.4) is 0 Å². The SMILES string of the molecule is CC1(C)[C@@H]2CC(=O)OC[C@@H]21.COC(=O)C[C@@H]1[C@H](CO)C1(C)C. The standard InChI is InChI=1S/C9H16O3.C8H12O2/c1-9(2)6(7(9)5-10)4-8(11)12-3;1-8(2)5-3-7(9)10-4-6(5)8/h6-7,10H,4-5H2,1-3H3;5-6H,3-4H2,1-2H3/t6-,7+;5-,6+/m11/s1. The van der Waals surface area contributed by atoms with Gasteiger partial charge in [-0.2, -0.15) is 0 Å². The van der Waals surface area contributed by atoms with Crippen LogP contribution in [0.4, 0.5) is 0 Å². The third-order valence-corrected chi connectivity index (χ3v) is 6.20. The van der Waals surface area contributed by atoms with Gasteiger partial charge < -0.3 is 14.6 Å². The minimum absolute atomic E-state index is 0.00757. The number of ether oxygens (including phenoxy) is 2. The maximum absolute atomic E-state index is 10.9. The molecule has 4 atom stereocenters. The minimum atomic E-state index is -0.177. The number of esters is 2. The highest BCUT2D eigenvalue weighted by atomic mass is 16.5. The summed E-state index contributed by atoms with van der Waals surface area (Å²) >= 11 is 0. The van der Waals surface area contributed by atoms with E-state index in [-0.39, 0.29) is 29.9 Å². The molecule has 3 fully saturated rings. The van der Waals surface area contributed by atoms with Crippen molar-refractivity contribution in [2.75, 3.05) is 20.3 Å². The molecule has 2 saturated carbocycles. The summed E-state index contributed by atoms with van der Waals surface area (Å²) in [5.41, 5.74) is 0.495. The Bertz CT molecular complexity index is 454. The van der Waals surface area contributed by atoms with Crippen molar-refractivity contribution in [3.63, 3.8) is 0 Å². The van der Waals surface area contributed by atoms with Crippen LogP contribution in [0.5, 0.6) is 0 Å². The lowest BCUT2D eigenvalue weighted by Crippen LogP contribution is -2.14. The van der Waals surface area contributed by atoms with Crippen molar-refractivity contribution in [2.45, 2.75) is 40.5 Å². The Hall–Kier alpha value is -1.10. The lowest BCUT2D eigenvalue weighted by atomic mass is 10.1. The molecule has 0 aromatic carbocycles. The Balaban J connectivity index is 0.000000162. The first-order chi connectivity index (χ1) is 10.2. The number of cyclic esters (lactones) is 1. The van der Waals surface area contributed by atoms with Crippen LogP contribution < -0.4 is 0 Å². The summed E-state index contributed by atoms with van der Waals surface area (Å²) in [6, 6.07) is 0. The predicted molar refractivity (Wildman–Crippen MR) is 80.8 cm³/mol. The van der Waals surface area contributed by atoms with Gasteiger partial charge in [0.05, 0.1) is 13.7 Å². The van der Waals surface area contributed by atoms with Gasteiger partial charge in [-0.15, -0.1) is 0 Å². The van der Waals surface area contributed by atoms with Crippen molar-refractivity contribution in [1.82, 2.24) is 0 Å². The van der Waals surface area contributed by atoms with Crippen molar-refractivity contribution < 1.29 is 24.2 Å². The van der Waals surface area contributed by atoms with Crippen molar-refractivity contribution in [1.29, 1.82) is 0 Å². The highest BCUT2D eigenvalue weighted by Gasteiger charge is 2.60. The van der Waals surface area contributed by atoms with E-state index >= 15 is 0 Å². The molecule has 22 heavy (non-hydrogen) atoms. The number of aliphatic hydroxyl groups excluding tert-OH is 1. The van der Waals surface area contributed by atoms with E-state index in [2.05, 4.69) is 32.4 Å². The third kappa shape index (κ3) is 3.14. The molecule has 3 rings (SSSR count). The van der Waals surface area contributed by atoms with E-state index < -0.39 is 0 Å². The fourth-order valence-corrected chi connectivity index (χ4v) is 3.90. The van der Waals surface area contributed by atoms with Gasteiger partial charge in [-0.3, -0.25) is 9.59 Å². The molecule has 0 bridgehead atoms. The first kappa shape index (κ1) is 17.3. The van der Waals surface area contributed by atoms with Gasteiger partial charge in [0.15, 0.2) is 0 Å². The van der Waals surface area contributed by atoms with Crippen molar-refractivity contribution in [2.24, 2.45) is 34.5 Å². The van der Waals surface area contributed by atoms with Crippen LogP contribution in [-0.4, -0.2) is 37.4 Å². The number of hydrogen-bond donors (Lipinski definition) is 1. The second kappa shape index (κ2) is 5.84. The van der Waals surface area contributed by atoms with Crippen molar-refractivity contribution >= 4 is 11.9 Å². The van der Waals surface area contributed by atoms with Crippen molar-refractivity contribution in [3.05, 3.63) is 0 Å². The van der Waals surface area contributed by atoms with E-state index in [1.54, 1.807) is 0 Å². The molecule has 0 amide bonds. The highest BCUT2D eigenvalue weighted by Crippen LogP contribution is 2.61. The molecule has 5 nitrogen and oxygen atoms in total. The third-order valence-electron chi connectivity index (χ3n) is 6.20. The summed E-state index contributed by atoms with van der Waals surface area (Å²) in [6.07, 6.45) is 1.09. The fraction of sp³-hybridized carbons (Fsp3) is 0.882. The van der Waals surface area contributed by atoms with Crippen LogP contribution in [0.2, 0.25) is 0 Å². The Morgan fingerprint density at radius 2 is 1.86 bits per heavy atom. The van der Waals surface area contributed by atoms with Gasteiger partial charge in [-0.25, -0.2) is 0 Å². The number of fused-ring (bicyclic) bond motifs is 1. The molecule has 0 spiro atoms. The monoisotopic (exact) mass is 312 g/mol. The van der Waals surface area contributed by atoms with Crippen LogP contribution in [0, 0.1) is 34.5 Å². The van der Waals surface area contributed by atoms with E-state index in [1.165, 1.54) is 7.11 Å². The topological polar surface area (TPSA) is 72.8 Å². The Morgan fingerprint density at radius 1 is 1.23 bits per heavy atom. The molecule has 0 radical (unpaired) electrons. The van der Waals surface area contributed by atoms with Gasteiger partial charge >= 0.3 is 11.9 Å². The Labute approximate surface area is 132 Å². The maximum atomic E-state index is 10.9. The molecule has 2 aliphatic carbocycles. The Kier molecular flexibility index (Phi) is 4.58. The van der Waals surface area contributed by atoms with Crippen LogP contribution in [-0.2, 0) is 19.1 Å². The zero-order chi connectivity index (χ0) is 16.7. The molecule has 1 saturated heterocycles. The smallest absolute Gasteiger partial charge is 0.306 e. The summed E-state index contributed by atoms with van der Waals surface area (Å²) in [7, 11) is 1.39. The number of aliphatic hydroxyl groups is 1. The lowest BCUT2D eigenvalue weighted by Gasteiger charge is -2.07. The average molecular weight is 312 g/mol. The molecule has 0 unspecified atom stereocenters. The molecule has 1 aliphatic heterocycles. The average Bonchev–Trinajstić information content (AvgIpc) is 3.20. The Morgan fingerprint density at radius 3 is 2.27 bits per heavy atom. The molecular weight excluding hydrogens is 284 g/mol.